The molecule has 2 aliphatic carbocycles. The predicted molar refractivity (Wildman–Crippen MR) is 123 cm³/mol. The Hall–Kier alpha value is -3.41. The lowest BCUT2D eigenvalue weighted by Crippen LogP contribution is -2.36. The van der Waals surface area contributed by atoms with E-state index in [1.165, 1.54) is 0 Å². The Balaban J connectivity index is 1.55. The number of pyridine rings is 1. The van der Waals surface area contributed by atoms with Crippen molar-refractivity contribution in [2.45, 2.75) is 63.4 Å². The van der Waals surface area contributed by atoms with Crippen LogP contribution in [0, 0.1) is 0 Å². The number of benzene rings is 1. The van der Waals surface area contributed by atoms with Gasteiger partial charge >= 0.3 is 5.97 Å². The standard InChI is InChI=1S/C27H28N2O4/c1-16-24(27(32)33-21-9-2-3-10-21)25(17-6-4-8-20(30)12-17)26-22(29-16)13-19(14-23(26)31)18-7-5-11-28-15-18/h4-8,11-12,15,19,21,25,29-30H,2-3,9-10,13-14H2,1H3. The molecule has 1 saturated carbocycles. The number of rotatable bonds is 4. The van der Waals surface area contributed by atoms with Crippen LogP contribution in [-0.4, -0.2) is 27.9 Å². The van der Waals surface area contributed by atoms with Crippen molar-refractivity contribution in [1.82, 2.24) is 10.3 Å². The molecule has 0 saturated heterocycles. The van der Waals surface area contributed by atoms with Crippen LogP contribution in [0.5, 0.6) is 5.75 Å². The van der Waals surface area contributed by atoms with Crippen molar-refractivity contribution in [1.29, 1.82) is 0 Å². The summed E-state index contributed by atoms with van der Waals surface area (Å²) in [4.78, 5) is 31.1. The van der Waals surface area contributed by atoms with Gasteiger partial charge in [-0.3, -0.25) is 9.78 Å². The first kappa shape index (κ1) is 21.4. The van der Waals surface area contributed by atoms with E-state index >= 15 is 0 Å². The van der Waals surface area contributed by atoms with E-state index in [0.29, 0.717) is 29.7 Å². The van der Waals surface area contributed by atoms with Crippen molar-refractivity contribution in [2.24, 2.45) is 0 Å². The molecule has 1 aliphatic heterocycles. The van der Waals surface area contributed by atoms with Gasteiger partial charge in [-0.2, -0.15) is 0 Å². The lowest BCUT2D eigenvalue weighted by atomic mass is 9.72. The van der Waals surface area contributed by atoms with Crippen molar-refractivity contribution >= 4 is 11.8 Å². The van der Waals surface area contributed by atoms with Gasteiger partial charge in [-0.25, -0.2) is 4.79 Å². The fraction of sp³-hybridized carbons (Fsp3) is 0.370. The highest BCUT2D eigenvalue weighted by Gasteiger charge is 2.42. The van der Waals surface area contributed by atoms with Gasteiger partial charge in [0.25, 0.3) is 0 Å². The lowest BCUT2D eigenvalue weighted by Gasteiger charge is -2.37. The molecular formula is C27H28N2O4. The number of carbonyl (C=O) groups excluding carboxylic acids is 2. The van der Waals surface area contributed by atoms with Crippen molar-refractivity contribution in [2.75, 3.05) is 0 Å². The Kier molecular flexibility index (Phi) is 5.75. The molecule has 6 nitrogen and oxygen atoms in total. The molecule has 6 heteroatoms. The maximum absolute atomic E-state index is 13.5. The van der Waals surface area contributed by atoms with Gasteiger partial charge in [0.1, 0.15) is 11.9 Å². The van der Waals surface area contributed by atoms with E-state index in [4.69, 9.17) is 4.74 Å². The number of nitrogens with zero attached hydrogens (tertiary/aromatic N) is 1. The topological polar surface area (TPSA) is 88.5 Å². The average Bonchev–Trinajstić information content (AvgIpc) is 3.31. The molecule has 3 aliphatic rings. The maximum atomic E-state index is 13.5. The smallest absolute Gasteiger partial charge is 0.337 e. The Morgan fingerprint density at radius 1 is 1.12 bits per heavy atom. The highest BCUT2D eigenvalue weighted by molar-refractivity contribution is 6.04. The molecule has 33 heavy (non-hydrogen) atoms. The first-order chi connectivity index (χ1) is 16.0. The van der Waals surface area contributed by atoms with E-state index in [9.17, 15) is 14.7 Å². The van der Waals surface area contributed by atoms with Gasteiger partial charge < -0.3 is 15.2 Å². The van der Waals surface area contributed by atoms with Gasteiger partial charge in [-0.15, -0.1) is 0 Å². The van der Waals surface area contributed by atoms with Crippen LogP contribution in [0.4, 0.5) is 0 Å². The van der Waals surface area contributed by atoms with Crippen LogP contribution in [0.25, 0.3) is 0 Å². The molecule has 1 fully saturated rings. The molecule has 2 aromatic rings. The van der Waals surface area contributed by atoms with Gasteiger partial charge in [-0.1, -0.05) is 18.2 Å². The zero-order chi connectivity index (χ0) is 22.9. The van der Waals surface area contributed by atoms with Crippen molar-refractivity contribution in [3.05, 3.63) is 82.5 Å². The number of esters is 1. The average molecular weight is 445 g/mol. The summed E-state index contributed by atoms with van der Waals surface area (Å²) in [5, 5.41) is 13.5. The normalized spacial score (nSPS) is 23.4. The van der Waals surface area contributed by atoms with Crippen LogP contribution in [0.15, 0.2) is 71.3 Å². The predicted octanol–water partition coefficient (Wildman–Crippen LogP) is 4.63. The highest BCUT2D eigenvalue weighted by Crippen LogP contribution is 2.46. The number of carbonyl (C=O) groups is 2. The molecule has 1 aromatic carbocycles. The minimum absolute atomic E-state index is 0.00427. The first-order valence-corrected chi connectivity index (χ1v) is 11.6. The summed E-state index contributed by atoms with van der Waals surface area (Å²) in [6.07, 6.45) is 8.35. The molecule has 2 unspecified atom stereocenters. The van der Waals surface area contributed by atoms with Gasteiger partial charge in [0.05, 0.1) is 5.57 Å². The minimum Gasteiger partial charge on any atom is -0.508 e. The SMILES string of the molecule is CC1=C(C(=O)OC2CCCC2)C(c2cccc(O)c2)C2=C(CC(c3cccnc3)CC2=O)N1. The van der Waals surface area contributed by atoms with Gasteiger partial charge in [0.15, 0.2) is 5.78 Å². The summed E-state index contributed by atoms with van der Waals surface area (Å²) in [7, 11) is 0. The molecule has 170 valence electrons. The Morgan fingerprint density at radius 2 is 1.91 bits per heavy atom. The van der Waals surface area contributed by atoms with E-state index in [-0.39, 0.29) is 29.5 Å². The fourth-order valence-corrected chi connectivity index (χ4v) is 5.42. The summed E-state index contributed by atoms with van der Waals surface area (Å²) < 4.78 is 5.87. The molecule has 1 aromatic heterocycles. The Bertz CT molecular complexity index is 1150. The van der Waals surface area contributed by atoms with E-state index in [1.807, 2.05) is 31.3 Å². The number of Topliss-reactive ketones (excluding diaryl/α,β-unsaturated/α-hetero) is 1. The third-order valence-corrected chi connectivity index (χ3v) is 6.98. The molecule has 0 spiro atoms. The zero-order valence-corrected chi connectivity index (χ0v) is 18.7. The van der Waals surface area contributed by atoms with Crippen molar-refractivity contribution in [3.63, 3.8) is 0 Å². The number of dihydropyridines is 1. The number of hydrogen-bond donors (Lipinski definition) is 2. The highest BCUT2D eigenvalue weighted by atomic mass is 16.5. The summed E-state index contributed by atoms with van der Waals surface area (Å²) >= 11 is 0. The summed E-state index contributed by atoms with van der Waals surface area (Å²) in [6.45, 7) is 1.86. The summed E-state index contributed by atoms with van der Waals surface area (Å²) in [5.41, 5.74) is 4.34. The molecule has 2 atom stereocenters. The summed E-state index contributed by atoms with van der Waals surface area (Å²) in [6, 6.07) is 10.7. The second-order valence-corrected chi connectivity index (χ2v) is 9.21. The number of nitrogens with one attached hydrogen (secondary N) is 1. The monoisotopic (exact) mass is 444 g/mol. The number of phenols is 1. The molecule has 0 amide bonds. The van der Waals surface area contributed by atoms with Gasteiger partial charge in [0, 0.05) is 41.7 Å². The van der Waals surface area contributed by atoms with E-state index in [1.54, 1.807) is 24.4 Å². The van der Waals surface area contributed by atoms with Crippen LogP contribution in [0.3, 0.4) is 0 Å². The summed E-state index contributed by atoms with van der Waals surface area (Å²) in [5.74, 6) is -0.809. The third-order valence-electron chi connectivity index (χ3n) is 6.98. The second-order valence-electron chi connectivity index (χ2n) is 9.21. The second kappa shape index (κ2) is 8.85. The van der Waals surface area contributed by atoms with Crippen molar-refractivity contribution < 1.29 is 19.4 Å². The molecule has 0 bridgehead atoms. The number of aromatic nitrogens is 1. The molecule has 2 heterocycles. The fourth-order valence-electron chi connectivity index (χ4n) is 5.42. The van der Waals surface area contributed by atoms with E-state index in [2.05, 4.69) is 10.3 Å². The molecule has 2 N–H and O–H groups in total. The maximum Gasteiger partial charge on any atom is 0.337 e. The first-order valence-electron chi connectivity index (χ1n) is 11.6. The Morgan fingerprint density at radius 3 is 2.64 bits per heavy atom. The van der Waals surface area contributed by atoms with Gasteiger partial charge in [0.2, 0.25) is 0 Å². The largest absolute Gasteiger partial charge is 0.508 e. The zero-order valence-electron chi connectivity index (χ0n) is 18.7. The van der Waals surface area contributed by atoms with E-state index in [0.717, 1.165) is 42.5 Å². The lowest BCUT2D eigenvalue weighted by molar-refractivity contribution is -0.144. The van der Waals surface area contributed by atoms with Crippen LogP contribution in [0.2, 0.25) is 0 Å². The number of aromatic hydroxyl groups is 1. The molecule has 5 rings (SSSR count). The van der Waals surface area contributed by atoms with Crippen LogP contribution >= 0.6 is 0 Å². The number of allylic oxidation sites excluding steroid dienone is 3. The van der Waals surface area contributed by atoms with Gasteiger partial charge in [-0.05, 0) is 74.3 Å². The molecular weight excluding hydrogens is 416 g/mol. The van der Waals surface area contributed by atoms with E-state index < -0.39 is 5.92 Å². The van der Waals surface area contributed by atoms with Crippen LogP contribution in [-0.2, 0) is 14.3 Å². The van der Waals surface area contributed by atoms with Crippen LogP contribution < -0.4 is 5.32 Å². The van der Waals surface area contributed by atoms with Crippen molar-refractivity contribution in [3.8, 4) is 5.75 Å². The number of ether oxygens (including phenoxy) is 1. The number of phenolic OH excluding ortho intramolecular Hbond substituents is 1. The Labute approximate surface area is 193 Å². The minimum atomic E-state index is -0.565. The number of ketones is 1. The van der Waals surface area contributed by atoms with Crippen LogP contribution in [0.1, 0.15) is 68.4 Å². The third kappa shape index (κ3) is 4.17. The quantitative estimate of drug-likeness (QED) is 0.668. The number of hydrogen-bond acceptors (Lipinski definition) is 6. The molecule has 0 radical (unpaired) electrons.